The second-order valence-corrected chi connectivity index (χ2v) is 4.40. The third-order valence-electron chi connectivity index (χ3n) is 1.73. The topological polar surface area (TPSA) is 141 Å². The van der Waals surface area contributed by atoms with Gasteiger partial charge in [-0.15, -0.1) is 0 Å². The quantitative estimate of drug-likeness (QED) is 0.481. The fourth-order valence-corrected chi connectivity index (χ4v) is 1.05. The van der Waals surface area contributed by atoms with Gasteiger partial charge in [0.05, 0.1) is 31.5 Å². The second kappa shape index (κ2) is 11.2. The minimum absolute atomic E-state index is 0.107. The Hall–Kier alpha value is -1.67. The fourth-order valence-electron chi connectivity index (χ4n) is 1.05. The van der Waals surface area contributed by atoms with E-state index < -0.39 is 36.2 Å². The van der Waals surface area contributed by atoms with Crippen LogP contribution in [0.3, 0.4) is 0 Å². The summed E-state index contributed by atoms with van der Waals surface area (Å²) < 4.78 is 4.69. The molecular weight excluding hydrogens is 272 g/mol. The Labute approximate surface area is 117 Å². The number of aliphatic hydroxyl groups is 2. The lowest BCUT2D eigenvalue weighted by atomic mass is 10.2. The Kier molecular flexibility index (Phi) is 11.5. The van der Waals surface area contributed by atoms with Gasteiger partial charge >= 0.3 is 17.9 Å². The van der Waals surface area contributed by atoms with Crippen molar-refractivity contribution in [2.75, 3.05) is 0 Å². The largest absolute Gasteiger partial charge is 0.481 e. The highest BCUT2D eigenvalue weighted by Crippen LogP contribution is 2.01. The summed E-state index contributed by atoms with van der Waals surface area (Å²) in [5, 5.41) is 33.4. The van der Waals surface area contributed by atoms with E-state index in [1.807, 2.05) is 0 Å². The third kappa shape index (κ3) is 18.7. The molecule has 0 amide bonds. The van der Waals surface area contributed by atoms with Crippen LogP contribution in [0.15, 0.2) is 0 Å². The van der Waals surface area contributed by atoms with Crippen LogP contribution in [0.2, 0.25) is 0 Å². The number of ether oxygens (including phenoxy) is 1. The number of carbonyl (C=O) groups excluding carboxylic acids is 1. The Morgan fingerprint density at radius 3 is 1.50 bits per heavy atom. The van der Waals surface area contributed by atoms with Crippen molar-refractivity contribution in [1.29, 1.82) is 0 Å². The van der Waals surface area contributed by atoms with Crippen LogP contribution in [0, 0.1) is 0 Å². The second-order valence-electron chi connectivity index (χ2n) is 4.40. The van der Waals surface area contributed by atoms with E-state index in [1.165, 1.54) is 20.8 Å². The first-order chi connectivity index (χ1) is 9.04. The molecule has 0 heterocycles. The summed E-state index contributed by atoms with van der Waals surface area (Å²) in [5.74, 6) is -2.56. The van der Waals surface area contributed by atoms with Crippen molar-refractivity contribution < 1.29 is 39.5 Å². The number of aliphatic hydroxyl groups excluding tert-OH is 2. The number of hydrogen-bond acceptors (Lipinski definition) is 6. The van der Waals surface area contributed by atoms with Gasteiger partial charge in [-0.2, -0.15) is 0 Å². The van der Waals surface area contributed by atoms with Gasteiger partial charge in [0, 0.05) is 0 Å². The summed E-state index contributed by atoms with van der Waals surface area (Å²) in [5.41, 5.74) is 0. The number of rotatable bonds is 7. The molecule has 0 saturated carbocycles. The Bertz CT molecular complexity index is 311. The van der Waals surface area contributed by atoms with Gasteiger partial charge in [0.15, 0.2) is 0 Å². The maximum atomic E-state index is 10.9. The van der Waals surface area contributed by atoms with Crippen LogP contribution in [0.1, 0.15) is 40.0 Å². The zero-order valence-corrected chi connectivity index (χ0v) is 11.8. The lowest BCUT2D eigenvalue weighted by molar-refractivity contribution is -0.153. The zero-order chi connectivity index (χ0) is 16.3. The number of hydrogen-bond donors (Lipinski definition) is 4. The minimum atomic E-state index is -1.02. The first kappa shape index (κ1) is 20.6. The molecule has 4 N–H and O–H groups in total. The molecule has 0 aromatic rings. The molecule has 0 rings (SSSR count). The molecule has 0 spiro atoms. The lowest BCUT2D eigenvalue weighted by Crippen LogP contribution is -2.20. The van der Waals surface area contributed by atoms with E-state index in [0.29, 0.717) is 0 Å². The van der Waals surface area contributed by atoms with Crippen LogP contribution in [-0.2, 0) is 19.1 Å². The monoisotopic (exact) mass is 294 g/mol. The molecule has 0 aromatic carbocycles. The van der Waals surface area contributed by atoms with Gasteiger partial charge in [0.1, 0.15) is 6.10 Å². The molecule has 3 atom stereocenters. The summed E-state index contributed by atoms with van der Waals surface area (Å²) in [6.07, 6.45) is -2.62. The summed E-state index contributed by atoms with van der Waals surface area (Å²) >= 11 is 0. The van der Waals surface area contributed by atoms with Crippen LogP contribution in [0.5, 0.6) is 0 Å². The third-order valence-corrected chi connectivity index (χ3v) is 1.73. The van der Waals surface area contributed by atoms with Crippen LogP contribution in [-0.4, -0.2) is 56.6 Å². The number of aliphatic carboxylic acids is 2. The van der Waals surface area contributed by atoms with Crippen molar-refractivity contribution in [2.45, 2.75) is 58.3 Å². The number of carboxylic acids is 2. The fraction of sp³-hybridized carbons (Fsp3) is 0.750. The molecule has 8 nitrogen and oxygen atoms in total. The van der Waals surface area contributed by atoms with E-state index in [4.69, 9.17) is 25.2 Å². The smallest absolute Gasteiger partial charge is 0.308 e. The van der Waals surface area contributed by atoms with Gasteiger partial charge in [0.2, 0.25) is 0 Å². The summed E-state index contributed by atoms with van der Waals surface area (Å²) in [7, 11) is 0. The Balaban J connectivity index is 0. The van der Waals surface area contributed by atoms with E-state index in [-0.39, 0.29) is 19.3 Å². The molecule has 0 aliphatic heterocycles. The molecule has 0 aliphatic rings. The predicted molar refractivity (Wildman–Crippen MR) is 68.0 cm³/mol. The maximum absolute atomic E-state index is 10.9. The van der Waals surface area contributed by atoms with Gasteiger partial charge in [-0.05, 0) is 20.8 Å². The van der Waals surface area contributed by atoms with Crippen LogP contribution < -0.4 is 0 Å². The molecule has 0 radical (unpaired) electrons. The molecule has 0 bridgehead atoms. The van der Waals surface area contributed by atoms with E-state index in [9.17, 15) is 14.4 Å². The molecule has 20 heavy (non-hydrogen) atoms. The summed E-state index contributed by atoms with van der Waals surface area (Å²) in [6.45, 7) is 4.39. The SMILES string of the molecule is CC(O)CC(=O)O.CC(O)CC(=O)OC(C)CC(=O)O. The molecule has 0 aromatic heterocycles. The predicted octanol–water partition coefficient (Wildman–Crippen LogP) is 0.00560. The van der Waals surface area contributed by atoms with Gasteiger partial charge in [-0.25, -0.2) is 0 Å². The van der Waals surface area contributed by atoms with Gasteiger partial charge in [-0.3, -0.25) is 14.4 Å². The van der Waals surface area contributed by atoms with Gasteiger partial charge < -0.3 is 25.2 Å². The number of carbonyl (C=O) groups is 3. The highest BCUT2D eigenvalue weighted by Gasteiger charge is 2.14. The highest BCUT2D eigenvalue weighted by molar-refractivity contribution is 5.71. The first-order valence-electron chi connectivity index (χ1n) is 6.03. The Morgan fingerprint density at radius 2 is 1.25 bits per heavy atom. The summed E-state index contributed by atoms with van der Waals surface area (Å²) in [6, 6.07) is 0. The van der Waals surface area contributed by atoms with Crippen LogP contribution in [0.25, 0.3) is 0 Å². The van der Waals surface area contributed by atoms with E-state index >= 15 is 0 Å². The minimum Gasteiger partial charge on any atom is -0.481 e. The van der Waals surface area contributed by atoms with Crippen LogP contribution >= 0.6 is 0 Å². The number of carboxylic acid groups (broad SMARTS) is 2. The molecule has 0 saturated heterocycles. The normalized spacial score (nSPS) is 14.2. The maximum Gasteiger partial charge on any atom is 0.308 e. The van der Waals surface area contributed by atoms with Gasteiger partial charge in [0.25, 0.3) is 0 Å². The van der Waals surface area contributed by atoms with Crippen molar-refractivity contribution in [3.63, 3.8) is 0 Å². The molecule has 3 unspecified atom stereocenters. The van der Waals surface area contributed by atoms with Crippen molar-refractivity contribution in [3.05, 3.63) is 0 Å². The standard InChI is InChI=1S/C8H14O5.C4H8O3/c1-5(9)3-8(12)13-6(2)4-7(10)11;1-3(5)2-4(6)7/h5-6,9H,3-4H2,1-2H3,(H,10,11);3,5H,2H2,1H3,(H,6,7). The average Bonchev–Trinajstić information content (AvgIpc) is 2.11. The first-order valence-corrected chi connectivity index (χ1v) is 6.03. The molecule has 118 valence electrons. The molecule has 8 heteroatoms. The lowest BCUT2D eigenvalue weighted by Gasteiger charge is -2.11. The number of esters is 1. The zero-order valence-electron chi connectivity index (χ0n) is 11.8. The summed E-state index contributed by atoms with van der Waals surface area (Å²) in [4.78, 5) is 30.7. The average molecular weight is 294 g/mol. The van der Waals surface area contributed by atoms with E-state index in [1.54, 1.807) is 0 Å². The van der Waals surface area contributed by atoms with E-state index in [0.717, 1.165) is 0 Å². The van der Waals surface area contributed by atoms with Crippen LogP contribution in [0.4, 0.5) is 0 Å². The van der Waals surface area contributed by atoms with Crippen molar-refractivity contribution in [2.24, 2.45) is 0 Å². The van der Waals surface area contributed by atoms with Crippen molar-refractivity contribution in [1.82, 2.24) is 0 Å². The Morgan fingerprint density at radius 1 is 0.850 bits per heavy atom. The molecular formula is C12H22O8. The molecule has 0 fully saturated rings. The van der Waals surface area contributed by atoms with Gasteiger partial charge in [-0.1, -0.05) is 0 Å². The van der Waals surface area contributed by atoms with Crippen molar-refractivity contribution >= 4 is 17.9 Å². The van der Waals surface area contributed by atoms with Crippen molar-refractivity contribution in [3.8, 4) is 0 Å². The van der Waals surface area contributed by atoms with E-state index in [2.05, 4.69) is 0 Å². The highest BCUT2D eigenvalue weighted by atomic mass is 16.5. The molecule has 0 aliphatic carbocycles.